The second-order valence-corrected chi connectivity index (χ2v) is 18.4. The van der Waals surface area contributed by atoms with E-state index in [9.17, 15) is 0 Å². The topological polar surface area (TPSA) is 56.7 Å². The van der Waals surface area contributed by atoms with Gasteiger partial charge in [0.05, 0.1) is 16.7 Å². The maximum Gasteiger partial charge on any atom is 0.164 e. The van der Waals surface area contributed by atoms with Crippen LogP contribution >= 0.6 is 0 Å². The van der Waals surface area contributed by atoms with Crippen LogP contribution in [0.25, 0.3) is 149 Å². The Morgan fingerprint density at radius 2 is 0.757 bits per heavy atom. The zero-order valence-electron chi connectivity index (χ0n) is 37.6. The Bertz CT molecular complexity index is 4570. The summed E-state index contributed by atoms with van der Waals surface area (Å²) in [6.45, 7) is 0. The van der Waals surface area contributed by atoms with Gasteiger partial charge in [0.2, 0.25) is 0 Å². The highest BCUT2D eigenvalue weighted by Gasteiger charge is 2.21. The van der Waals surface area contributed by atoms with Gasteiger partial charge in [-0.25, -0.2) is 15.0 Å². The lowest BCUT2D eigenvalue weighted by atomic mass is 9.99. The van der Waals surface area contributed by atoms with Crippen molar-refractivity contribution in [2.75, 3.05) is 0 Å². The predicted molar refractivity (Wildman–Crippen MR) is 291 cm³/mol. The van der Waals surface area contributed by atoms with Crippen LogP contribution in [0.15, 0.2) is 235 Å². The number of benzene rings is 12. The summed E-state index contributed by atoms with van der Waals surface area (Å²) in [6.07, 6.45) is 0. The van der Waals surface area contributed by atoms with E-state index in [0.717, 1.165) is 82.6 Å². The minimum absolute atomic E-state index is 0.597. The van der Waals surface area contributed by atoms with Crippen LogP contribution < -0.4 is 0 Å². The highest BCUT2D eigenvalue weighted by Crippen LogP contribution is 2.43. The van der Waals surface area contributed by atoms with Crippen LogP contribution in [0.4, 0.5) is 0 Å². The molecule has 12 aromatic carbocycles. The first-order chi connectivity index (χ1) is 34.6. The molecule has 0 aliphatic rings. The van der Waals surface area contributed by atoms with E-state index < -0.39 is 0 Å². The van der Waals surface area contributed by atoms with Crippen LogP contribution in [0.2, 0.25) is 0 Å². The second-order valence-electron chi connectivity index (χ2n) is 18.4. The molecule has 0 saturated heterocycles. The number of aromatic nitrogens is 4. The van der Waals surface area contributed by atoms with Gasteiger partial charge >= 0.3 is 0 Å². The summed E-state index contributed by atoms with van der Waals surface area (Å²) in [6, 6.07) is 82.3. The summed E-state index contributed by atoms with van der Waals surface area (Å²) in [5.41, 5.74) is 9.90. The zero-order valence-corrected chi connectivity index (χ0v) is 37.6. The van der Waals surface area contributed by atoms with Crippen LogP contribution in [0, 0.1) is 0 Å². The standard InChI is InChI=1S/C65H38N4O/c1-2-12-39(13-3-1)43-19-10-20-48(32-43)63-66-64(49-28-26-41-25-24-40-14-8-9-21-51(40)53(41)35-49)68-65(67-63)50-29-27-42-30-31-60-61(54(42)36-50)52-22-11-23-57(62(52)70-60)69-58-37-46-17-6-4-15-44(46)33-55(58)56-34-45-16-5-7-18-47(45)38-59(56)69/h1-38H. The van der Waals surface area contributed by atoms with E-state index in [1.165, 1.54) is 48.5 Å². The van der Waals surface area contributed by atoms with E-state index in [1.54, 1.807) is 0 Å². The Balaban J connectivity index is 0.944. The van der Waals surface area contributed by atoms with Gasteiger partial charge in [-0.3, -0.25) is 0 Å². The Labute approximate surface area is 401 Å². The van der Waals surface area contributed by atoms with Gasteiger partial charge in [-0.05, 0) is 120 Å². The summed E-state index contributed by atoms with van der Waals surface area (Å²) in [5, 5.41) is 16.2. The Hall–Kier alpha value is -9.45. The van der Waals surface area contributed by atoms with Gasteiger partial charge < -0.3 is 8.98 Å². The number of hydrogen-bond donors (Lipinski definition) is 0. The molecule has 3 heterocycles. The number of fused-ring (bicyclic) bond motifs is 13. The molecule has 0 saturated carbocycles. The molecule has 0 bridgehead atoms. The fourth-order valence-electron chi connectivity index (χ4n) is 10.9. The molecule has 0 fully saturated rings. The van der Waals surface area contributed by atoms with Crippen molar-refractivity contribution in [2.45, 2.75) is 0 Å². The highest BCUT2D eigenvalue weighted by atomic mass is 16.3. The summed E-state index contributed by atoms with van der Waals surface area (Å²) in [4.78, 5) is 15.8. The number of para-hydroxylation sites is 1. The van der Waals surface area contributed by atoms with Gasteiger partial charge in [0.1, 0.15) is 5.58 Å². The fourth-order valence-corrected chi connectivity index (χ4v) is 10.9. The third-order valence-corrected chi connectivity index (χ3v) is 14.3. The van der Waals surface area contributed by atoms with E-state index >= 15 is 0 Å². The smallest absolute Gasteiger partial charge is 0.164 e. The normalized spacial score (nSPS) is 12.0. The van der Waals surface area contributed by atoms with Gasteiger partial charge in [0.15, 0.2) is 23.1 Å². The van der Waals surface area contributed by atoms with Crippen molar-refractivity contribution >= 4 is 97.6 Å². The largest absolute Gasteiger partial charge is 0.454 e. The molecule has 0 aliphatic heterocycles. The van der Waals surface area contributed by atoms with Gasteiger partial charge in [0.25, 0.3) is 0 Å². The maximum absolute atomic E-state index is 7.04. The molecular formula is C65H38N4O. The predicted octanol–water partition coefficient (Wildman–Crippen LogP) is 17.3. The minimum atomic E-state index is 0.597. The lowest BCUT2D eigenvalue weighted by molar-refractivity contribution is 0.666. The van der Waals surface area contributed by atoms with Crippen LogP contribution in [0.5, 0.6) is 0 Å². The van der Waals surface area contributed by atoms with Crippen LogP contribution in [-0.4, -0.2) is 19.5 Å². The van der Waals surface area contributed by atoms with Crippen molar-refractivity contribution in [3.8, 4) is 51.0 Å². The first-order valence-electron chi connectivity index (χ1n) is 23.7. The third kappa shape index (κ3) is 6.02. The fraction of sp³-hybridized carbons (Fsp3) is 0. The molecule has 0 unspecified atom stereocenters. The van der Waals surface area contributed by atoms with Crippen molar-refractivity contribution in [2.24, 2.45) is 0 Å². The lowest BCUT2D eigenvalue weighted by Crippen LogP contribution is -2.00. The van der Waals surface area contributed by atoms with Crippen molar-refractivity contribution in [3.63, 3.8) is 0 Å². The third-order valence-electron chi connectivity index (χ3n) is 14.3. The van der Waals surface area contributed by atoms with Crippen molar-refractivity contribution in [1.82, 2.24) is 19.5 Å². The molecule has 0 amide bonds. The lowest BCUT2D eigenvalue weighted by Gasteiger charge is -2.11. The minimum Gasteiger partial charge on any atom is -0.454 e. The number of nitrogens with zero attached hydrogens (tertiary/aromatic N) is 4. The number of rotatable bonds is 5. The molecule has 324 valence electrons. The van der Waals surface area contributed by atoms with Gasteiger partial charge in [-0.2, -0.15) is 0 Å². The molecule has 0 N–H and O–H groups in total. The van der Waals surface area contributed by atoms with E-state index in [1.807, 2.05) is 6.07 Å². The van der Waals surface area contributed by atoms with Crippen LogP contribution in [0.3, 0.4) is 0 Å². The number of furan rings is 1. The maximum atomic E-state index is 7.04. The highest BCUT2D eigenvalue weighted by molar-refractivity contribution is 6.22. The van der Waals surface area contributed by atoms with Gasteiger partial charge in [-0.15, -0.1) is 0 Å². The van der Waals surface area contributed by atoms with Crippen molar-refractivity contribution in [1.29, 1.82) is 0 Å². The molecule has 15 aromatic rings. The molecule has 0 atom stereocenters. The molecule has 5 heteroatoms. The van der Waals surface area contributed by atoms with Gasteiger partial charge in [0, 0.05) is 38.2 Å². The van der Waals surface area contributed by atoms with Crippen molar-refractivity contribution in [3.05, 3.63) is 231 Å². The van der Waals surface area contributed by atoms with E-state index in [-0.39, 0.29) is 0 Å². The SMILES string of the molecule is c1ccc(-c2cccc(-c3nc(-c4ccc5ccc6ccccc6c5c4)nc(-c4ccc5ccc6oc7c(-n8c9cc%10ccccc%10cc9c9cc%10ccccc%10cc98)cccc7c6c5c4)n3)c2)cc1. The van der Waals surface area contributed by atoms with E-state index in [2.05, 4.69) is 229 Å². The van der Waals surface area contributed by atoms with Crippen molar-refractivity contribution < 1.29 is 4.42 Å². The molecule has 15 rings (SSSR count). The van der Waals surface area contributed by atoms with Gasteiger partial charge in [-0.1, -0.05) is 176 Å². The Morgan fingerprint density at radius 1 is 0.286 bits per heavy atom. The molecule has 3 aromatic heterocycles. The summed E-state index contributed by atoms with van der Waals surface area (Å²) < 4.78 is 9.44. The molecule has 0 spiro atoms. The molecule has 5 nitrogen and oxygen atoms in total. The molecular weight excluding hydrogens is 853 g/mol. The molecule has 0 aliphatic carbocycles. The summed E-state index contributed by atoms with van der Waals surface area (Å²) in [7, 11) is 0. The summed E-state index contributed by atoms with van der Waals surface area (Å²) >= 11 is 0. The summed E-state index contributed by atoms with van der Waals surface area (Å²) in [5.74, 6) is 1.82. The molecule has 70 heavy (non-hydrogen) atoms. The average Bonchev–Trinajstić information content (AvgIpc) is 3.96. The quantitative estimate of drug-likeness (QED) is 0.162. The van der Waals surface area contributed by atoms with E-state index in [4.69, 9.17) is 19.4 Å². The molecule has 0 radical (unpaired) electrons. The van der Waals surface area contributed by atoms with Crippen LogP contribution in [-0.2, 0) is 0 Å². The zero-order chi connectivity index (χ0) is 45.9. The average molecular weight is 891 g/mol. The first-order valence-corrected chi connectivity index (χ1v) is 23.7. The van der Waals surface area contributed by atoms with Crippen LogP contribution in [0.1, 0.15) is 0 Å². The van der Waals surface area contributed by atoms with E-state index in [0.29, 0.717) is 17.5 Å². The monoisotopic (exact) mass is 890 g/mol. The first kappa shape index (κ1) is 38.6. The Kier molecular flexibility index (Phi) is 8.29. The number of hydrogen-bond acceptors (Lipinski definition) is 4. The second kappa shape index (κ2) is 15.0. The Morgan fingerprint density at radius 3 is 1.43 bits per heavy atom.